The van der Waals surface area contributed by atoms with E-state index in [4.69, 9.17) is 11.6 Å². The van der Waals surface area contributed by atoms with E-state index >= 15 is 0 Å². The van der Waals surface area contributed by atoms with Crippen LogP contribution >= 0.6 is 23.4 Å². The number of hydrogen-bond donors (Lipinski definition) is 0. The van der Waals surface area contributed by atoms with E-state index in [1.807, 2.05) is 6.08 Å². The molecule has 52 valence electrons. The maximum atomic E-state index is 10.3. The highest BCUT2D eigenvalue weighted by Gasteiger charge is 1.84. The topological polar surface area (TPSA) is 17.1 Å². The van der Waals surface area contributed by atoms with Gasteiger partial charge in [0.2, 0.25) is 0 Å². The molecule has 0 fully saturated rings. The van der Waals surface area contributed by atoms with Crippen molar-refractivity contribution in [2.24, 2.45) is 0 Å². The summed E-state index contributed by atoms with van der Waals surface area (Å²) in [5.74, 6) is 0.620. The Morgan fingerprint density at radius 2 is 2.44 bits per heavy atom. The summed E-state index contributed by atoms with van der Waals surface area (Å²) in [5.41, 5.74) is 0. The van der Waals surface area contributed by atoms with Gasteiger partial charge in [-0.1, -0.05) is 17.8 Å². The fourth-order valence-electron chi connectivity index (χ4n) is 0.275. The van der Waals surface area contributed by atoms with Crippen LogP contribution in [0.4, 0.5) is 0 Å². The van der Waals surface area contributed by atoms with E-state index in [-0.39, 0.29) is 5.12 Å². The Kier molecular flexibility index (Phi) is 6.21. The largest absolute Gasteiger partial charge is 0.287 e. The van der Waals surface area contributed by atoms with Crippen LogP contribution in [0.2, 0.25) is 0 Å². The second-order valence-corrected chi connectivity index (χ2v) is 2.92. The molecule has 0 heterocycles. The predicted molar refractivity (Wildman–Crippen MR) is 42.7 cm³/mol. The fourth-order valence-corrected chi connectivity index (χ4v) is 0.825. The number of thioether (sulfide) groups is 1. The molecule has 1 nitrogen and oxygen atoms in total. The van der Waals surface area contributed by atoms with Crippen molar-refractivity contribution in [1.29, 1.82) is 0 Å². The van der Waals surface area contributed by atoms with E-state index in [1.54, 1.807) is 5.41 Å². The van der Waals surface area contributed by atoms with Crippen molar-refractivity contribution in [3.8, 4) is 0 Å². The zero-order chi connectivity index (χ0) is 7.11. The van der Waals surface area contributed by atoms with Gasteiger partial charge in [-0.05, 0) is 11.8 Å². The lowest BCUT2D eigenvalue weighted by Crippen LogP contribution is -1.74. The molecule has 0 aromatic heterocycles. The smallest absolute Gasteiger partial charge is 0.190 e. The quantitative estimate of drug-likeness (QED) is 0.596. The summed E-state index contributed by atoms with van der Waals surface area (Å²) < 4.78 is 0. The maximum absolute atomic E-state index is 10.3. The Hall–Kier alpha value is 0.0500. The van der Waals surface area contributed by atoms with Crippen LogP contribution in [0.3, 0.4) is 0 Å². The Labute approximate surface area is 64.5 Å². The van der Waals surface area contributed by atoms with Crippen molar-refractivity contribution in [3.05, 3.63) is 11.5 Å². The molecular weight excluding hydrogens is 156 g/mol. The summed E-state index contributed by atoms with van der Waals surface area (Å²) in [4.78, 5) is 10.3. The third-order valence-electron chi connectivity index (χ3n) is 0.606. The summed E-state index contributed by atoms with van der Waals surface area (Å²) in [7, 11) is 0. The molecular formula is C6H9ClOS. The van der Waals surface area contributed by atoms with Crippen LogP contribution in [0.5, 0.6) is 0 Å². The van der Waals surface area contributed by atoms with Crippen LogP contribution < -0.4 is 0 Å². The lowest BCUT2D eigenvalue weighted by molar-refractivity contribution is -0.109. The van der Waals surface area contributed by atoms with Crippen LogP contribution in [-0.4, -0.2) is 11.0 Å². The second kappa shape index (κ2) is 6.17. The van der Waals surface area contributed by atoms with Gasteiger partial charge in [0.15, 0.2) is 5.12 Å². The Morgan fingerprint density at radius 1 is 1.78 bits per heavy atom. The number of allylic oxidation sites excluding steroid dienone is 1. The summed E-state index contributed by atoms with van der Waals surface area (Å²) in [5, 5.41) is 1.88. The highest BCUT2D eigenvalue weighted by Crippen LogP contribution is 2.03. The van der Waals surface area contributed by atoms with Gasteiger partial charge in [0.05, 0.1) is 0 Å². The maximum Gasteiger partial charge on any atom is 0.190 e. The summed E-state index contributed by atoms with van der Waals surface area (Å²) in [6.07, 6.45) is 2.72. The zero-order valence-corrected chi connectivity index (χ0v) is 6.84. The summed E-state index contributed by atoms with van der Waals surface area (Å²) in [6, 6.07) is 0. The Balaban J connectivity index is 3.14. The molecule has 3 heteroatoms. The normalized spacial score (nSPS) is 10.4. The minimum atomic E-state index is 0.112. The van der Waals surface area contributed by atoms with E-state index in [0.29, 0.717) is 5.88 Å². The van der Waals surface area contributed by atoms with E-state index < -0.39 is 0 Å². The predicted octanol–water partition coefficient (Wildman–Crippen LogP) is 2.41. The lowest BCUT2D eigenvalue weighted by atomic mass is 10.5. The molecule has 0 N–H and O–H groups in total. The van der Waals surface area contributed by atoms with Crippen LogP contribution in [0, 0.1) is 0 Å². The first-order valence-corrected chi connectivity index (χ1v) is 4.07. The van der Waals surface area contributed by atoms with Crippen LogP contribution in [-0.2, 0) is 4.79 Å². The van der Waals surface area contributed by atoms with Gasteiger partial charge in [0.1, 0.15) is 0 Å². The molecule has 0 unspecified atom stereocenters. The highest BCUT2D eigenvalue weighted by molar-refractivity contribution is 8.16. The van der Waals surface area contributed by atoms with E-state index in [2.05, 4.69) is 0 Å². The Morgan fingerprint density at radius 3 is 2.89 bits per heavy atom. The van der Waals surface area contributed by atoms with Gasteiger partial charge in [-0.3, -0.25) is 4.79 Å². The third kappa shape index (κ3) is 8.05. The van der Waals surface area contributed by atoms with Gasteiger partial charge in [-0.25, -0.2) is 0 Å². The third-order valence-corrected chi connectivity index (χ3v) is 1.48. The molecule has 0 aliphatic carbocycles. The molecule has 0 aromatic rings. The van der Waals surface area contributed by atoms with Crippen molar-refractivity contribution >= 4 is 28.5 Å². The molecule has 0 saturated carbocycles. The molecule has 0 spiro atoms. The molecule has 0 atom stereocenters. The average Bonchev–Trinajstić information content (AvgIpc) is 1.80. The molecule has 0 aliphatic heterocycles. The molecule has 0 saturated heterocycles. The van der Waals surface area contributed by atoms with E-state index in [1.165, 1.54) is 18.7 Å². The zero-order valence-electron chi connectivity index (χ0n) is 5.26. The second-order valence-electron chi connectivity index (χ2n) is 1.46. The van der Waals surface area contributed by atoms with E-state index in [9.17, 15) is 4.79 Å². The molecule has 0 aromatic carbocycles. The van der Waals surface area contributed by atoms with Crippen LogP contribution in [0.1, 0.15) is 13.3 Å². The van der Waals surface area contributed by atoms with Gasteiger partial charge < -0.3 is 0 Å². The lowest BCUT2D eigenvalue weighted by Gasteiger charge is -1.82. The van der Waals surface area contributed by atoms with Gasteiger partial charge in [-0.2, -0.15) is 0 Å². The number of hydrogen-bond acceptors (Lipinski definition) is 2. The van der Waals surface area contributed by atoms with Crippen molar-refractivity contribution in [2.45, 2.75) is 13.3 Å². The van der Waals surface area contributed by atoms with E-state index in [0.717, 1.165) is 6.42 Å². The van der Waals surface area contributed by atoms with Crippen LogP contribution in [0.15, 0.2) is 11.5 Å². The molecule has 9 heavy (non-hydrogen) atoms. The minimum absolute atomic E-state index is 0.112. The fraction of sp³-hybridized carbons (Fsp3) is 0.500. The van der Waals surface area contributed by atoms with Gasteiger partial charge >= 0.3 is 0 Å². The highest BCUT2D eigenvalue weighted by atomic mass is 35.5. The Bertz CT molecular complexity index is 112. The first-order chi connectivity index (χ1) is 4.27. The van der Waals surface area contributed by atoms with Gasteiger partial charge in [-0.15, -0.1) is 11.6 Å². The number of carbonyl (C=O) groups excluding carboxylic acids is 1. The molecule has 0 bridgehead atoms. The van der Waals surface area contributed by atoms with Crippen molar-refractivity contribution in [1.82, 2.24) is 0 Å². The molecule has 0 amide bonds. The van der Waals surface area contributed by atoms with Crippen molar-refractivity contribution in [2.75, 3.05) is 5.88 Å². The average molecular weight is 165 g/mol. The first-order valence-electron chi connectivity index (χ1n) is 2.65. The first kappa shape index (κ1) is 9.05. The number of halogens is 1. The summed E-state index contributed by atoms with van der Waals surface area (Å²) >= 11 is 6.56. The SMILES string of the molecule is CC(=O)S/C=C/CCCl. The van der Waals surface area contributed by atoms with Gasteiger partial charge in [0, 0.05) is 12.8 Å². The number of alkyl halides is 1. The molecule has 0 aliphatic rings. The molecule has 0 rings (SSSR count). The van der Waals surface area contributed by atoms with Gasteiger partial charge in [0.25, 0.3) is 0 Å². The number of rotatable bonds is 3. The number of carbonyl (C=O) groups is 1. The molecule has 0 radical (unpaired) electrons. The minimum Gasteiger partial charge on any atom is -0.287 e. The summed E-state index contributed by atoms with van der Waals surface area (Å²) in [6.45, 7) is 1.54. The van der Waals surface area contributed by atoms with Crippen LogP contribution in [0.25, 0.3) is 0 Å². The van der Waals surface area contributed by atoms with Crippen molar-refractivity contribution < 1.29 is 4.79 Å². The monoisotopic (exact) mass is 164 g/mol. The van der Waals surface area contributed by atoms with Crippen molar-refractivity contribution in [3.63, 3.8) is 0 Å². The standard InChI is InChI=1S/C6H9ClOS/c1-6(8)9-5-3-2-4-7/h3,5H,2,4H2,1H3/b5-3+.